The van der Waals surface area contributed by atoms with E-state index in [0.29, 0.717) is 6.42 Å². The molecule has 0 radical (unpaired) electrons. The van der Waals surface area contributed by atoms with Gasteiger partial charge in [0.05, 0.1) is 12.2 Å². The van der Waals surface area contributed by atoms with Gasteiger partial charge in [0, 0.05) is 32.6 Å². The van der Waals surface area contributed by atoms with E-state index in [4.69, 9.17) is 28.1 Å². The first-order valence-electron chi connectivity index (χ1n) is 16.5. The number of cyclic esters (lactones) is 1. The van der Waals surface area contributed by atoms with Crippen molar-refractivity contribution >= 4 is 36.9 Å². The fraction of sp³-hybridized carbons (Fsp3) is 0.649. The highest BCUT2D eigenvalue weighted by Gasteiger charge is 2.40. The summed E-state index contributed by atoms with van der Waals surface area (Å²) in [5, 5.41) is 0.0520. The quantitative estimate of drug-likeness (QED) is 0.0517. The van der Waals surface area contributed by atoms with E-state index < -0.39 is 8.32 Å². The fourth-order valence-electron chi connectivity index (χ4n) is 4.69. The Hall–Kier alpha value is -1.34. The average Bonchev–Trinajstić information content (AvgIpc) is 2.97. The maximum absolute atomic E-state index is 12.8. The number of rotatable bonds is 11. The van der Waals surface area contributed by atoms with Gasteiger partial charge in [0.15, 0.2) is 8.32 Å². The van der Waals surface area contributed by atoms with Gasteiger partial charge in [-0.05, 0) is 68.2 Å². The van der Waals surface area contributed by atoms with Crippen LogP contribution in [-0.2, 0) is 32.9 Å². The van der Waals surface area contributed by atoms with Crippen molar-refractivity contribution < 1.29 is 32.9 Å². The molecule has 0 saturated heterocycles. The van der Waals surface area contributed by atoms with E-state index in [0.717, 1.165) is 43.3 Å². The molecule has 1 aliphatic rings. The van der Waals surface area contributed by atoms with E-state index in [-0.39, 0.29) is 54.9 Å². The Morgan fingerprint density at radius 3 is 2.43 bits per heavy atom. The van der Waals surface area contributed by atoms with Crippen LogP contribution in [-0.4, -0.2) is 66.5 Å². The van der Waals surface area contributed by atoms with Gasteiger partial charge in [-0.25, -0.2) is 4.79 Å². The summed E-state index contributed by atoms with van der Waals surface area (Å²) in [6, 6.07) is 0. The van der Waals surface area contributed by atoms with Crippen molar-refractivity contribution in [3.05, 3.63) is 69.9 Å². The number of carbonyl (C=O) groups is 1. The maximum Gasteiger partial charge on any atom is 0.330 e. The molecule has 0 aliphatic carbocycles. The SMILES string of the molecule is COCO[C@@H]1/C=C/[C@H](OCOC)[C@@H](O[Si](C)(C)C(C)(C)C)CC/C=C/C=C(\C)C[C@H]([C@H](C)/C=C(C)/C=C/I)OC(=O)/C=C/CCC1. The number of halogens is 1. The van der Waals surface area contributed by atoms with Crippen molar-refractivity contribution in [2.75, 3.05) is 27.8 Å². The molecule has 1 aliphatic heterocycles. The predicted octanol–water partition coefficient (Wildman–Crippen LogP) is 9.77. The van der Waals surface area contributed by atoms with Gasteiger partial charge in [0.1, 0.15) is 25.8 Å². The van der Waals surface area contributed by atoms with Crippen molar-refractivity contribution in [1.29, 1.82) is 0 Å². The summed E-state index contributed by atoms with van der Waals surface area (Å²) in [4.78, 5) is 12.8. The Morgan fingerprint density at radius 1 is 1.09 bits per heavy atom. The first-order valence-corrected chi connectivity index (χ1v) is 20.6. The summed E-state index contributed by atoms with van der Waals surface area (Å²) in [6.07, 6.45) is 21.8. The molecule has 0 saturated carbocycles. The normalized spacial score (nSPS) is 27.8. The lowest BCUT2D eigenvalue weighted by Gasteiger charge is -2.41. The third-order valence-electron chi connectivity index (χ3n) is 8.39. The van der Waals surface area contributed by atoms with E-state index in [1.54, 1.807) is 20.3 Å². The number of esters is 1. The molecular formula is C37H61IO7Si. The van der Waals surface area contributed by atoms with Gasteiger partial charge in [-0.2, -0.15) is 0 Å². The van der Waals surface area contributed by atoms with Crippen molar-refractivity contribution in [3.63, 3.8) is 0 Å². The molecule has 9 heteroatoms. The first kappa shape index (κ1) is 42.7. The number of hydrogen-bond acceptors (Lipinski definition) is 7. The zero-order valence-corrected chi connectivity index (χ0v) is 33.2. The minimum atomic E-state index is -2.11. The highest BCUT2D eigenvalue weighted by atomic mass is 127. The van der Waals surface area contributed by atoms with Crippen LogP contribution in [0.3, 0.4) is 0 Å². The van der Waals surface area contributed by atoms with E-state index in [2.05, 4.69) is 114 Å². The van der Waals surface area contributed by atoms with E-state index >= 15 is 0 Å². The van der Waals surface area contributed by atoms with Crippen LogP contribution in [0.4, 0.5) is 0 Å². The third kappa shape index (κ3) is 17.7. The largest absolute Gasteiger partial charge is 0.458 e. The van der Waals surface area contributed by atoms with Crippen molar-refractivity contribution in [1.82, 2.24) is 0 Å². The van der Waals surface area contributed by atoms with E-state index in [1.807, 2.05) is 16.2 Å². The highest BCUT2D eigenvalue weighted by Crippen LogP contribution is 2.38. The van der Waals surface area contributed by atoms with Crippen LogP contribution in [0.5, 0.6) is 0 Å². The van der Waals surface area contributed by atoms with Gasteiger partial charge < -0.3 is 28.1 Å². The van der Waals surface area contributed by atoms with Crippen LogP contribution in [0, 0.1) is 5.92 Å². The summed E-state index contributed by atoms with van der Waals surface area (Å²) < 4.78 is 37.7. The molecule has 0 aromatic heterocycles. The van der Waals surface area contributed by atoms with Gasteiger partial charge in [0.2, 0.25) is 0 Å². The molecule has 5 atom stereocenters. The second kappa shape index (κ2) is 23.1. The third-order valence-corrected chi connectivity index (χ3v) is 13.3. The summed E-state index contributed by atoms with van der Waals surface area (Å²) in [5.74, 6) is -0.263. The van der Waals surface area contributed by atoms with Crippen molar-refractivity contribution in [2.45, 2.75) is 123 Å². The smallest absolute Gasteiger partial charge is 0.330 e. The van der Waals surface area contributed by atoms with Crippen LogP contribution < -0.4 is 0 Å². The molecule has 0 bridgehead atoms. The van der Waals surface area contributed by atoms with Crippen LogP contribution >= 0.6 is 22.6 Å². The zero-order valence-electron chi connectivity index (χ0n) is 30.1. The van der Waals surface area contributed by atoms with E-state index in [9.17, 15) is 4.79 Å². The molecule has 0 aromatic carbocycles. The number of methoxy groups -OCH3 is 2. The van der Waals surface area contributed by atoms with E-state index in [1.165, 1.54) is 0 Å². The van der Waals surface area contributed by atoms with Crippen molar-refractivity contribution in [3.8, 4) is 0 Å². The van der Waals surface area contributed by atoms with Gasteiger partial charge >= 0.3 is 5.97 Å². The van der Waals surface area contributed by atoms with Crippen LogP contribution in [0.25, 0.3) is 0 Å². The summed E-state index contributed by atoms with van der Waals surface area (Å²) in [6.45, 7) is 17.9. The zero-order chi connectivity index (χ0) is 34.6. The minimum Gasteiger partial charge on any atom is -0.458 e. The van der Waals surface area contributed by atoms with Crippen LogP contribution in [0.15, 0.2) is 69.9 Å². The lowest BCUT2D eigenvalue weighted by atomic mass is 9.95. The molecule has 262 valence electrons. The summed E-state index contributed by atoms with van der Waals surface area (Å²) >= 11 is 2.22. The second-order valence-corrected chi connectivity index (χ2v) is 19.0. The Bertz CT molecular complexity index is 1050. The molecule has 46 heavy (non-hydrogen) atoms. The Labute approximate surface area is 294 Å². The lowest BCUT2D eigenvalue weighted by Crippen LogP contribution is -2.47. The topological polar surface area (TPSA) is 72.5 Å². The minimum absolute atomic E-state index is 0.0520. The number of allylic oxidation sites excluding steroid dienone is 6. The monoisotopic (exact) mass is 772 g/mol. The lowest BCUT2D eigenvalue weighted by molar-refractivity contribution is -0.144. The fourth-order valence-corrected chi connectivity index (χ4v) is 6.62. The summed E-state index contributed by atoms with van der Waals surface area (Å²) in [7, 11) is 1.14. The van der Waals surface area contributed by atoms with Crippen LogP contribution in [0.1, 0.15) is 80.1 Å². The molecule has 0 unspecified atom stereocenters. The molecule has 0 aromatic rings. The maximum atomic E-state index is 12.8. The average molecular weight is 773 g/mol. The van der Waals surface area contributed by atoms with Gasteiger partial charge in [-0.15, -0.1) is 0 Å². The van der Waals surface area contributed by atoms with Crippen molar-refractivity contribution in [2.24, 2.45) is 5.92 Å². The highest BCUT2D eigenvalue weighted by molar-refractivity contribution is 14.1. The standard InChI is InChI=1S/C37H61IO7Si/c1-29-17-13-11-15-19-34(45-46(9,10)37(4,5)6)33(43-28-41-8)22-21-32(42-27-40-7)18-14-12-16-20-36(39)44-35(26-29)31(3)25-30(2)23-24-38/h11,13,16-17,20-25,31-35H,12,14-15,18-19,26-28H2,1-10H3/b13-11+,20-16+,22-21+,24-23+,29-17+,30-25+/t31-,32+,33+,34+,35-/m1/s1. The number of carbonyl (C=O) groups excluding carboxylic acids is 1. The number of hydrogen-bond donors (Lipinski definition) is 0. The van der Waals surface area contributed by atoms with Gasteiger partial charge in [-0.3, -0.25) is 0 Å². The molecule has 0 spiro atoms. The molecule has 0 amide bonds. The molecular weight excluding hydrogens is 711 g/mol. The molecule has 0 fully saturated rings. The molecule has 0 N–H and O–H groups in total. The number of ether oxygens (including phenoxy) is 5. The van der Waals surface area contributed by atoms with Gasteiger partial charge in [-0.1, -0.05) is 110 Å². The summed E-state index contributed by atoms with van der Waals surface area (Å²) in [5.41, 5.74) is 2.29. The van der Waals surface area contributed by atoms with Crippen LogP contribution in [0.2, 0.25) is 18.1 Å². The first-order chi connectivity index (χ1) is 21.7. The van der Waals surface area contributed by atoms with Gasteiger partial charge in [0.25, 0.3) is 0 Å². The molecule has 1 heterocycles. The Morgan fingerprint density at radius 2 is 1.78 bits per heavy atom. The predicted molar refractivity (Wildman–Crippen MR) is 200 cm³/mol. The second-order valence-electron chi connectivity index (χ2n) is 13.5. The Balaban J connectivity index is 3.44. The molecule has 7 nitrogen and oxygen atoms in total. The molecule has 1 rings (SSSR count). The Kier molecular flexibility index (Phi) is 21.4.